The van der Waals surface area contributed by atoms with E-state index in [-0.39, 0.29) is 11.4 Å². The van der Waals surface area contributed by atoms with E-state index in [2.05, 4.69) is 10.6 Å². The Kier molecular flexibility index (Phi) is 5.44. The summed E-state index contributed by atoms with van der Waals surface area (Å²) in [6, 6.07) is 19.1. The lowest BCUT2D eigenvalue weighted by atomic mass is 10.1. The lowest BCUT2D eigenvalue weighted by Gasteiger charge is -2.14. The topological polar surface area (TPSA) is 58.2 Å². The molecule has 0 heterocycles. The van der Waals surface area contributed by atoms with Crippen molar-refractivity contribution in [2.75, 3.05) is 10.6 Å². The van der Waals surface area contributed by atoms with Crippen molar-refractivity contribution in [1.82, 2.24) is 0 Å². The average molecular weight is 384 g/mol. The average Bonchev–Trinajstić information content (AvgIpc) is 2.68. The lowest BCUT2D eigenvalue weighted by Crippen LogP contribution is -2.16. The maximum Gasteiger partial charge on any atom is 0.416 e. The van der Waals surface area contributed by atoms with Crippen LogP contribution in [0.1, 0.15) is 26.3 Å². The fraction of sp³-hybridized carbons (Fsp3) is 0.0476. The molecule has 7 heteroatoms. The normalized spacial score (nSPS) is 11.0. The maximum atomic E-state index is 13.2. The quantitative estimate of drug-likeness (QED) is 0.649. The molecule has 0 saturated heterocycles. The van der Waals surface area contributed by atoms with Crippen LogP contribution in [0.15, 0.2) is 78.9 Å². The molecule has 28 heavy (non-hydrogen) atoms. The third-order valence-corrected chi connectivity index (χ3v) is 3.85. The third kappa shape index (κ3) is 4.76. The summed E-state index contributed by atoms with van der Waals surface area (Å²) in [6.07, 6.45) is -4.64. The summed E-state index contributed by atoms with van der Waals surface area (Å²) in [6.45, 7) is 0. The predicted octanol–water partition coefficient (Wildman–Crippen LogP) is 5.21. The number of benzene rings is 3. The summed E-state index contributed by atoms with van der Waals surface area (Å²) >= 11 is 0. The fourth-order valence-corrected chi connectivity index (χ4v) is 2.52. The standard InChI is InChI=1S/C21H15F3N2O2/c22-21(23,24)16-11-17(25-19(27)14-7-3-1-4-8-14)13-18(12-16)26-20(28)15-9-5-2-6-10-15/h1-13H,(H,25,27)(H,26,28). The van der Waals surface area contributed by atoms with E-state index >= 15 is 0 Å². The molecule has 0 saturated carbocycles. The molecule has 0 atom stereocenters. The summed E-state index contributed by atoms with van der Waals surface area (Å²) in [5, 5.41) is 4.87. The van der Waals surface area contributed by atoms with E-state index in [0.29, 0.717) is 11.1 Å². The largest absolute Gasteiger partial charge is 0.416 e. The lowest BCUT2D eigenvalue weighted by molar-refractivity contribution is -0.137. The number of hydrogen-bond donors (Lipinski definition) is 2. The summed E-state index contributed by atoms with van der Waals surface area (Å²) in [5.41, 5.74) is -0.537. The van der Waals surface area contributed by atoms with E-state index in [1.54, 1.807) is 60.7 Å². The molecule has 0 radical (unpaired) electrons. The molecule has 0 unspecified atom stereocenters. The Morgan fingerprint density at radius 1 is 0.643 bits per heavy atom. The van der Waals surface area contributed by atoms with Crippen molar-refractivity contribution in [3.8, 4) is 0 Å². The molecule has 0 aliphatic carbocycles. The minimum atomic E-state index is -4.64. The zero-order valence-corrected chi connectivity index (χ0v) is 14.5. The van der Waals surface area contributed by atoms with Crippen LogP contribution in [-0.4, -0.2) is 11.8 Å². The minimum Gasteiger partial charge on any atom is -0.322 e. The highest BCUT2D eigenvalue weighted by molar-refractivity contribution is 6.06. The first kappa shape index (κ1) is 19.2. The first-order valence-electron chi connectivity index (χ1n) is 8.28. The maximum absolute atomic E-state index is 13.2. The molecule has 0 spiro atoms. The van der Waals surface area contributed by atoms with Crippen LogP contribution in [0.3, 0.4) is 0 Å². The Balaban J connectivity index is 1.89. The van der Waals surface area contributed by atoms with Gasteiger partial charge in [-0.1, -0.05) is 36.4 Å². The number of amides is 2. The number of alkyl halides is 3. The Morgan fingerprint density at radius 2 is 1.04 bits per heavy atom. The minimum absolute atomic E-state index is 0.0768. The number of rotatable bonds is 4. The first-order chi connectivity index (χ1) is 13.3. The summed E-state index contributed by atoms with van der Waals surface area (Å²) in [7, 11) is 0. The van der Waals surface area contributed by atoms with E-state index in [0.717, 1.165) is 12.1 Å². The van der Waals surface area contributed by atoms with Gasteiger partial charge in [0.05, 0.1) is 5.56 Å². The first-order valence-corrected chi connectivity index (χ1v) is 8.28. The van der Waals surface area contributed by atoms with Crippen molar-refractivity contribution in [3.05, 3.63) is 95.6 Å². The fourth-order valence-electron chi connectivity index (χ4n) is 2.52. The van der Waals surface area contributed by atoms with Gasteiger partial charge >= 0.3 is 6.18 Å². The Hall–Kier alpha value is -3.61. The van der Waals surface area contributed by atoms with Crippen LogP contribution in [0.5, 0.6) is 0 Å². The third-order valence-electron chi connectivity index (χ3n) is 3.85. The van der Waals surface area contributed by atoms with Crippen molar-refractivity contribution in [3.63, 3.8) is 0 Å². The molecule has 2 N–H and O–H groups in total. The molecule has 0 aliphatic rings. The van der Waals surface area contributed by atoms with E-state index in [9.17, 15) is 22.8 Å². The molecule has 4 nitrogen and oxygen atoms in total. The highest BCUT2D eigenvalue weighted by atomic mass is 19.4. The molecule has 3 rings (SSSR count). The van der Waals surface area contributed by atoms with Gasteiger partial charge in [0, 0.05) is 22.5 Å². The monoisotopic (exact) mass is 384 g/mol. The Labute approximate surface area is 159 Å². The van der Waals surface area contributed by atoms with Crippen LogP contribution in [0.2, 0.25) is 0 Å². The van der Waals surface area contributed by atoms with Gasteiger partial charge in [-0.25, -0.2) is 0 Å². The Bertz CT molecular complexity index is 916. The highest BCUT2D eigenvalue weighted by Crippen LogP contribution is 2.33. The molecule has 3 aromatic carbocycles. The SMILES string of the molecule is O=C(Nc1cc(NC(=O)c2ccccc2)cc(C(F)(F)F)c1)c1ccccc1. The molecular formula is C21H15F3N2O2. The molecule has 0 bridgehead atoms. The van der Waals surface area contributed by atoms with Gasteiger partial charge in [0.1, 0.15) is 0 Å². The van der Waals surface area contributed by atoms with Gasteiger partial charge in [-0.15, -0.1) is 0 Å². The van der Waals surface area contributed by atoms with Gasteiger partial charge < -0.3 is 10.6 Å². The van der Waals surface area contributed by atoms with Crippen LogP contribution < -0.4 is 10.6 Å². The van der Waals surface area contributed by atoms with Gasteiger partial charge in [0.2, 0.25) is 0 Å². The van der Waals surface area contributed by atoms with E-state index < -0.39 is 23.6 Å². The van der Waals surface area contributed by atoms with Gasteiger partial charge in [0.25, 0.3) is 11.8 Å². The predicted molar refractivity (Wildman–Crippen MR) is 100 cm³/mol. The highest BCUT2D eigenvalue weighted by Gasteiger charge is 2.31. The second-order valence-corrected chi connectivity index (χ2v) is 5.94. The smallest absolute Gasteiger partial charge is 0.322 e. The van der Waals surface area contributed by atoms with Crippen molar-refractivity contribution in [1.29, 1.82) is 0 Å². The molecule has 2 amide bonds. The van der Waals surface area contributed by atoms with Crippen molar-refractivity contribution in [2.24, 2.45) is 0 Å². The summed E-state index contributed by atoms with van der Waals surface area (Å²) in [5.74, 6) is -1.11. The van der Waals surface area contributed by atoms with E-state index in [4.69, 9.17) is 0 Å². The van der Waals surface area contributed by atoms with Crippen LogP contribution >= 0.6 is 0 Å². The van der Waals surface area contributed by atoms with Gasteiger partial charge in [-0.05, 0) is 42.5 Å². The van der Waals surface area contributed by atoms with Crippen molar-refractivity contribution < 1.29 is 22.8 Å². The van der Waals surface area contributed by atoms with Crippen LogP contribution in [0.4, 0.5) is 24.5 Å². The zero-order valence-electron chi connectivity index (χ0n) is 14.5. The summed E-state index contributed by atoms with van der Waals surface area (Å²) < 4.78 is 39.7. The molecule has 3 aromatic rings. The molecule has 0 aliphatic heterocycles. The van der Waals surface area contributed by atoms with Crippen molar-refractivity contribution in [2.45, 2.75) is 6.18 Å². The molecule has 0 fully saturated rings. The van der Waals surface area contributed by atoms with Crippen LogP contribution in [0, 0.1) is 0 Å². The second kappa shape index (κ2) is 7.96. The summed E-state index contributed by atoms with van der Waals surface area (Å²) in [4.78, 5) is 24.5. The van der Waals surface area contributed by atoms with Crippen molar-refractivity contribution >= 4 is 23.2 Å². The van der Waals surface area contributed by atoms with Crippen LogP contribution in [0.25, 0.3) is 0 Å². The number of anilines is 2. The molecular weight excluding hydrogens is 369 g/mol. The number of carbonyl (C=O) groups excluding carboxylic acids is 2. The Morgan fingerprint density at radius 3 is 1.39 bits per heavy atom. The number of carbonyl (C=O) groups is 2. The molecule has 0 aromatic heterocycles. The van der Waals surface area contributed by atoms with Gasteiger partial charge in [-0.3, -0.25) is 9.59 Å². The number of hydrogen-bond acceptors (Lipinski definition) is 2. The second-order valence-electron chi connectivity index (χ2n) is 5.94. The van der Waals surface area contributed by atoms with E-state index in [1.807, 2.05) is 0 Å². The molecule has 142 valence electrons. The number of halogens is 3. The zero-order chi connectivity index (χ0) is 20.1. The van der Waals surface area contributed by atoms with Gasteiger partial charge in [-0.2, -0.15) is 13.2 Å². The van der Waals surface area contributed by atoms with E-state index in [1.165, 1.54) is 6.07 Å². The van der Waals surface area contributed by atoms with Gasteiger partial charge in [0.15, 0.2) is 0 Å². The number of nitrogens with one attached hydrogen (secondary N) is 2. The van der Waals surface area contributed by atoms with Crippen LogP contribution in [-0.2, 0) is 6.18 Å².